The van der Waals surface area contributed by atoms with Gasteiger partial charge in [-0.05, 0) is 108 Å². The van der Waals surface area contributed by atoms with E-state index in [-0.39, 0.29) is 0 Å². The average molecular weight is 724 g/mol. The van der Waals surface area contributed by atoms with E-state index in [1.54, 1.807) is 0 Å². The van der Waals surface area contributed by atoms with E-state index < -0.39 is 5.41 Å². The topological polar surface area (TPSA) is 38.7 Å². The zero-order valence-electron chi connectivity index (χ0n) is 30.9. The summed E-state index contributed by atoms with van der Waals surface area (Å²) in [7, 11) is 0. The summed E-state index contributed by atoms with van der Waals surface area (Å²) in [6, 6.07) is 72.4. The Morgan fingerprint density at radius 2 is 0.649 bits per heavy atom. The summed E-state index contributed by atoms with van der Waals surface area (Å²) in [4.78, 5) is 14.8. The van der Waals surface area contributed by atoms with Crippen LogP contribution in [0.3, 0.4) is 0 Å². The second-order valence-electron chi connectivity index (χ2n) is 15.2. The Balaban J connectivity index is 0.998. The van der Waals surface area contributed by atoms with Gasteiger partial charge < -0.3 is 0 Å². The molecule has 0 bridgehead atoms. The van der Waals surface area contributed by atoms with Crippen molar-refractivity contribution in [2.45, 2.75) is 5.41 Å². The molecule has 0 saturated carbocycles. The van der Waals surface area contributed by atoms with Gasteiger partial charge in [-0.25, -0.2) is 15.0 Å². The fourth-order valence-corrected chi connectivity index (χ4v) is 9.49. The first-order chi connectivity index (χ1) is 28.2. The molecule has 0 fully saturated rings. The van der Waals surface area contributed by atoms with Gasteiger partial charge in [0.25, 0.3) is 0 Å². The lowest BCUT2D eigenvalue weighted by molar-refractivity contribution is 0.796. The molecule has 0 N–H and O–H groups in total. The van der Waals surface area contributed by atoms with Crippen molar-refractivity contribution in [3.05, 3.63) is 222 Å². The first kappa shape index (κ1) is 31.8. The number of aromatic nitrogens is 3. The molecule has 1 aromatic heterocycles. The molecule has 0 amide bonds. The van der Waals surface area contributed by atoms with Crippen LogP contribution in [0, 0.1) is 0 Å². The third-order valence-electron chi connectivity index (χ3n) is 12.1. The van der Waals surface area contributed by atoms with Gasteiger partial charge in [-0.3, -0.25) is 0 Å². The molecule has 0 unspecified atom stereocenters. The zero-order chi connectivity index (χ0) is 37.5. The summed E-state index contributed by atoms with van der Waals surface area (Å²) in [5, 5.41) is 5.00. The molecule has 10 aromatic rings. The van der Waals surface area contributed by atoms with Crippen LogP contribution in [-0.2, 0) is 5.41 Å². The molecule has 0 radical (unpaired) electrons. The molecule has 1 heterocycles. The predicted molar refractivity (Wildman–Crippen MR) is 233 cm³/mol. The quantitative estimate of drug-likeness (QED) is 0.181. The second-order valence-corrected chi connectivity index (χ2v) is 15.2. The van der Waals surface area contributed by atoms with Crippen molar-refractivity contribution in [3.63, 3.8) is 0 Å². The first-order valence-electron chi connectivity index (χ1n) is 19.5. The van der Waals surface area contributed by atoms with Gasteiger partial charge in [-0.2, -0.15) is 0 Å². The highest BCUT2D eigenvalue weighted by atomic mass is 15.0. The van der Waals surface area contributed by atoms with Crippen LogP contribution >= 0.6 is 0 Å². The van der Waals surface area contributed by atoms with Gasteiger partial charge in [-0.1, -0.05) is 170 Å². The van der Waals surface area contributed by atoms with E-state index in [0.717, 1.165) is 22.3 Å². The van der Waals surface area contributed by atoms with Crippen LogP contribution in [0.25, 0.3) is 89.1 Å². The number of benzene rings is 9. The van der Waals surface area contributed by atoms with Crippen LogP contribution in [0.15, 0.2) is 200 Å². The van der Waals surface area contributed by atoms with Crippen molar-refractivity contribution >= 4 is 21.5 Å². The minimum Gasteiger partial charge on any atom is -0.208 e. The first-order valence-corrected chi connectivity index (χ1v) is 19.5. The highest BCUT2D eigenvalue weighted by molar-refractivity contribution is 6.03. The Labute approximate surface area is 330 Å². The van der Waals surface area contributed by atoms with Gasteiger partial charge >= 0.3 is 0 Å². The second kappa shape index (κ2) is 12.3. The van der Waals surface area contributed by atoms with Crippen LogP contribution in [0.2, 0.25) is 0 Å². The van der Waals surface area contributed by atoms with E-state index in [9.17, 15) is 0 Å². The summed E-state index contributed by atoms with van der Waals surface area (Å²) < 4.78 is 0. The maximum atomic E-state index is 4.96. The third kappa shape index (κ3) is 4.76. The lowest BCUT2D eigenvalue weighted by atomic mass is 9.70. The molecule has 12 rings (SSSR count). The molecule has 0 saturated heterocycles. The molecular formula is C54H33N3. The lowest BCUT2D eigenvalue weighted by Crippen LogP contribution is -2.25. The van der Waals surface area contributed by atoms with Gasteiger partial charge in [0, 0.05) is 16.7 Å². The van der Waals surface area contributed by atoms with Crippen molar-refractivity contribution in [3.8, 4) is 67.5 Å². The molecule has 264 valence electrons. The molecule has 2 aliphatic rings. The number of hydrogen-bond acceptors (Lipinski definition) is 3. The molecule has 57 heavy (non-hydrogen) atoms. The molecule has 1 spiro atoms. The Kier molecular flexibility index (Phi) is 6.84. The van der Waals surface area contributed by atoms with Crippen molar-refractivity contribution in [1.29, 1.82) is 0 Å². The van der Waals surface area contributed by atoms with Crippen molar-refractivity contribution < 1.29 is 0 Å². The summed E-state index contributed by atoms with van der Waals surface area (Å²) >= 11 is 0. The van der Waals surface area contributed by atoms with Gasteiger partial charge in [0.15, 0.2) is 17.5 Å². The Morgan fingerprint density at radius 3 is 1.21 bits per heavy atom. The number of fused-ring (bicyclic) bond motifs is 12. The van der Waals surface area contributed by atoms with Crippen molar-refractivity contribution in [2.24, 2.45) is 0 Å². The standard InChI is InChI=1S/C54H33N3/c1-3-13-35(14-4-1)51-55-52(36-15-5-2-6-16-36)57-53(56-51)37-25-23-34(24-26-37)40-27-28-41-31-46-45-30-38-17-7-8-18-39(38)32-49(45)54(50(46)33-42(41)29-40)47-21-11-9-19-43(47)44-20-10-12-22-48(44)54/h1-33H. The molecule has 3 heteroatoms. The fraction of sp³-hybridized carbons (Fsp3) is 0.0185. The smallest absolute Gasteiger partial charge is 0.164 e. The van der Waals surface area contributed by atoms with Gasteiger partial charge in [0.05, 0.1) is 5.41 Å². The van der Waals surface area contributed by atoms with Crippen LogP contribution in [0.5, 0.6) is 0 Å². The van der Waals surface area contributed by atoms with Crippen LogP contribution in [0.1, 0.15) is 22.3 Å². The third-order valence-corrected chi connectivity index (χ3v) is 12.1. The normalized spacial score (nSPS) is 13.1. The van der Waals surface area contributed by atoms with Crippen LogP contribution in [0.4, 0.5) is 0 Å². The Bertz CT molecular complexity index is 3120. The lowest BCUT2D eigenvalue weighted by Gasteiger charge is -2.30. The van der Waals surface area contributed by atoms with Crippen LogP contribution in [-0.4, -0.2) is 15.0 Å². The highest BCUT2D eigenvalue weighted by Crippen LogP contribution is 2.63. The van der Waals surface area contributed by atoms with E-state index >= 15 is 0 Å². The number of rotatable bonds is 4. The van der Waals surface area contributed by atoms with E-state index in [1.165, 1.54) is 71.6 Å². The van der Waals surface area contributed by atoms with Gasteiger partial charge in [0.2, 0.25) is 0 Å². The number of nitrogens with zero attached hydrogens (tertiary/aromatic N) is 3. The largest absolute Gasteiger partial charge is 0.208 e. The maximum Gasteiger partial charge on any atom is 0.164 e. The number of hydrogen-bond donors (Lipinski definition) is 0. The van der Waals surface area contributed by atoms with Crippen molar-refractivity contribution in [2.75, 3.05) is 0 Å². The van der Waals surface area contributed by atoms with E-state index in [2.05, 4.69) is 140 Å². The highest BCUT2D eigenvalue weighted by Gasteiger charge is 2.51. The minimum atomic E-state index is -0.407. The molecule has 9 aromatic carbocycles. The van der Waals surface area contributed by atoms with E-state index in [4.69, 9.17) is 15.0 Å². The predicted octanol–water partition coefficient (Wildman–Crippen LogP) is 13.2. The van der Waals surface area contributed by atoms with Crippen LogP contribution < -0.4 is 0 Å². The van der Waals surface area contributed by atoms with Crippen molar-refractivity contribution in [1.82, 2.24) is 15.0 Å². The molecule has 0 aliphatic heterocycles. The SMILES string of the molecule is c1ccc(-c2nc(-c3ccccc3)nc(-c3ccc(-c4ccc5cc6c(cc5c4)C4(c5ccccc5-c5ccccc54)c4cc5ccccc5cc4-6)cc3)n2)cc1. The van der Waals surface area contributed by atoms with E-state index in [1.807, 2.05) is 60.7 Å². The molecule has 0 atom stereocenters. The monoisotopic (exact) mass is 723 g/mol. The summed E-state index contributed by atoms with van der Waals surface area (Å²) in [6.45, 7) is 0. The summed E-state index contributed by atoms with van der Waals surface area (Å²) in [6.07, 6.45) is 0. The minimum absolute atomic E-state index is 0.407. The maximum absolute atomic E-state index is 4.96. The molecule has 2 aliphatic carbocycles. The Morgan fingerprint density at radius 1 is 0.246 bits per heavy atom. The zero-order valence-corrected chi connectivity index (χ0v) is 30.9. The average Bonchev–Trinajstić information content (AvgIpc) is 3.74. The van der Waals surface area contributed by atoms with Gasteiger partial charge in [0.1, 0.15) is 0 Å². The fourth-order valence-electron chi connectivity index (χ4n) is 9.49. The Hall–Kier alpha value is -7.49. The van der Waals surface area contributed by atoms with E-state index in [0.29, 0.717) is 17.5 Å². The summed E-state index contributed by atoms with van der Waals surface area (Å²) in [5.41, 5.74) is 15.5. The molecule has 3 nitrogen and oxygen atoms in total. The molecular weight excluding hydrogens is 691 g/mol. The van der Waals surface area contributed by atoms with Gasteiger partial charge in [-0.15, -0.1) is 0 Å². The summed E-state index contributed by atoms with van der Waals surface area (Å²) in [5.74, 6) is 1.97.